The summed E-state index contributed by atoms with van der Waals surface area (Å²) in [7, 11) is 1.76. The van der Waals surface area contributed by atoms with Crippen LogP contribution in [0, 0.1) is 0 Å². The Hall–Kier alpha value is -0.0400. The molecule has 0 N–H and O–H groups in total. The van der Waals surface area contributed by atoms with E-state index in [0.717, 1.165) is 12.8 Å². The lowest BCUT2D eigenvalue weighted by Gasteiger charge is -2.07. The topological polar surface area (TPSA) is 9.23 Å². The summed E-state index contributed by atoms with van der Waals surface area (Å²) in [4.78, 5) is 0. The lowest BCUT2D eigenvalue weighted by molar-refractivity contribution is 0.0964. The highest BCUT2D eigenvalue weighted by molar-refractivity contribution is 4.47. The molecule has 0 aromatic rings. The van der Waals surface area contributed by atoms with Crippen LogP contribution in [-0.4, -0.2) is 13.2 Å². The molecule has 10 heavy (non-hydrogen) atoms. The molecular weight excluding hydrogens is 124 g/mol. The van der Waals surface area contributed by atoms with E-state index in [0.29, 0.717) is 6.10 Å². The average molecular weight is 146 g/mol. The van der Waals surface area contributed by atoms with Gasteiger partial charge in [-0.3, -0.25) is 0 Å². The van der Waals surface area contributed by atoms with Gasteiger partial charge in [-0.25, -0.2) is 0 Å². The summed E-state index contributed by atoms with van der Waals surface area (Å²) in [6.07, 6.45) is 4.00. The number of methoxy groups -OCH3 is 1. The van der Waals surface area contributed by atoms with Crippen molar-refractivity contribution >= 4 is 0 Å². The molecule has 64 valence electrons. The normalized spacial score (nSPS) is 9.00. The average Bonchev–Trinajstić information content (AvgIpc) is 1.93. The smallest absolute Gasteiger partial charge is 0.0566 e. The van der Waals surface area contributed by atoms with Crippen LogP contribution in [-0.2, 0) is 4.74 Å². The Labute approximate surface area is 65.8 Å². The third-order valence-corrected chi connectivity index (χ3v) is 1.24. The van der Waals surface area contributed by atoms with E-state index in [2.05, 4.69) is 27.7 Å². The van der Waals surface area contributed by atoms with Crippen LogP contribution in [0.3, 0.4) is 0 Å². The van der Waals surface area contributed by atoms with Gasteiger partial charge >= 0.3 is 0 Å². The molecule has 0 radical (unpaired) electrons. The molecule has 1 nitrogen and oxygen atoms in total. The first-order valence-electron chi connectivity index (χ1n) is 4.29. The van der Waals surface area contributed by atoms with E-state index in [-0.39, 0.29) is 0 Å². The second-order valence-corrected chi connectivity index (χ2v) is 2.38. The standard InChI is InChI=1S/C6H14O.C3H8/c1-4-6(5-2)7-3;1-3-2/h6H,4-5H2,1-3H3;3H2,1-2H3. The quantitative estimate of drug-likeness (QED) is 0.594. The van der Waals surface area contributed by atoms with E-state index in [1.807, 2.05) is 0 Å². The van der Waals surface area contributed by atoms with E-state index in [4.69, 9.17) is 4.74 Å². The number of hydrogen-bond acceptors (Lipinski definition) is 1. The summed E-state index contributed by atoms with van der Waals surface area (Å²) in [6, 6.07) is 0. The Kier molecular flexibility index (Phi) is 14.8. The fraction of sp³-hybridized carbons (Fsp3) is 1.00. The van der Waals surface area contributed by atoms with E-state index >= 15 is 0 Å². The fourth-order valence-corrected chi connectivity index (χ4v) is 0.622. The maximum atomic E-state index is 5.05. The molecule has 0 amide bonds. The monoisotopic (exact) mass is 146 g/mol. The van der Waals surface area contributed by atoms with Gasteiger partial charge in [0.25, 0.3) is 0 Å². The molecular formula is C9H22O. The maximum absolute atomic E-state index is 5.05. The van der Waals surface area contributed by atoms with Crippen LogP contribution in [0.5, 0.6) is 0 Å². The van der Waals surface area contributed by atoms with Gasteiger partial charge in [-0.15, -0.1) is 0 Å². The minimum atomic E-state index is 0.486. The second kappa shape index (κ2) is 11.7. The summed E-state index contributed by atoms with van der Waals surface area (Å²) in [5.41, 5.74) is 0. The number of ether oxygens (including phenoxy) is 1. The molecule has 0 unspecified atom stereocenters. The minimum Gasteiger partial charge on any atom is -0.381 e. The molecule has 0 fully saturated rings. The van der Waals surface area contributed by atoms with Crippen molar-refractivity contribution in [1.29, 1.82) is 0 Å². The molecule has 0 saturated heterocycles. The van der Waals surface area contributed by atoms with Gasteiger partial charge in [-0.05, 0) is 12.8 Å². The van der Waals surface area contributed by atoms with Crippen LogP contribution >= 0.6 is 0 Å². The predicted molar refractivity (Wildman–Crippen MR) is 47.3 cm³/mol. The predicted octanol–water partition coefficient (Wildman–Crippen LogP) is 3.24. The van der Waals surface area contributed by atoms with Crippen molar-refractivity contribution in [1.82, 2.24) is 0 Å². The van der Waals surface area contributed by atoms with Gasteiger partial charge in [0.15, 0.2) is 0 Å². The van der Waals surface area contributed by atoms with Crippen LogP contribution in [0.2, 0.25) is 0 Å². The number of rotatable bonds is 3. The first-order valence-corrected chi connectivity index (χ1v) is 4.29. The molecule has 0 atom stereocenters. The molecule has 0 aromatic heterocycles. The minimum absolute atomic E-state index is 0.486. The Morgan fingerprint density at radius 1 is 1.00 bits per heavy atom. The molecule has 0 aromatic carbocycles. The van der Waals surface area contributed by atoms with Crippen molar-refractivity contribution in [2.45, 2.75) is 53.1 Å². The van der Waals surface area contributed by atoms with Gasteiger partial charge in [0.1, 0.15) is 0 Å². The van der Waals surface area contributed by atoms with Crippen LogP contribution in [0.25, 0.3) is 0 Å². The molecule has 0 aliphatic carbocycles. The van der Waals surface area contributed by atoms with Crippen molar-refractivity contribution < 1.29 is 4.74 Å². The molecule has 0 heterocycles. The van der Waals surface area contributed by atoms with E-state index in [1.165, 1.54) is 6.42 Å². The number of hydrogen-bond donors (Lipinski definition) is 0. The maximum Gasteiger partial charge on any atom is 0.0566 e. The highest BCUT2D eigenvalue weighted by Gasteiger charge is 1.96. The highest BCUT2D eigenvalue weighted by Crippen LogP contribution is 1.98. The lowest BCUT2D eigenvalue weighted by atomic mass is 10.2. The van der Waals surface area contributed by atoms with Gasteiger partial charge in [0.05, 0.1) is 6.10 Å². The Morgan fingerprint density at radius 2 is 1.30 bits per heavy atom. The third-order valence-electron chi connectivity index (χ3n) is 1.24. The summed E-state index contributed by atoms with van der Waals surface area (Å²) in [5, 5.41) is 0. The van der Waals surface area contributed by atoms with Crippen molar-refractivity contribution in [3.63, 3.8) is 0 Å². The summed E-state index contributed by atoms with van der Waals surface area (Å²) in [5.74, 6) is 0. The van der Waals surface area contributed by atoms with E-state index < -0.39 is 0 Å². The fourth-order valence-electron chi connectivity index (χ4n) is 0.622. The Balaban J connectivity index is 0. The van der Waals surface area contributed by atoms with Gasteiger partial charge in [0, 0.05) is 7.11 Å². The molecule has 0 aliphatic heterocycles. The molecule has 0 spiro atoms. The van der Waals surface area contributed by atoms with E-state index in [9.17, 15) is 0 Å². The summed E-state index contributed by atoms with van der Waals surface area (Å²) in [6.45, 7) is 8.52. The molecule has 1 heteroatoms. The largest absolute Gasteiger partial charge is 0.381 e. The Bertz CT molecular complexity index is 34.5. The second-order valence-electron chi connectivity index (χ2n) is 2.38. The molecule has 0 aliphatic rings. The lowest BCUT2D eigenvalue weighted by Crippen LogP contribution is -2.05. The van der Waals surface area contributed by atoms with Crippen molar-refractivity contribution in [3.05, 3.63) is 0 Å². The van der Waals surface area contributed by atoms with Crippen LogP contribution < -0.4 is 0 Å². The Morgan fingerprint density at radius 3 is 1.30 bits per heavy atom. The molecule has 0 saturated carbocycles. The van der Waals surface area contributed by atoms with E-state index in [1.54, 1.807) is 7.11 Å². The van der Waals surface area contributed by atoms with Crippen LogP contribution in [0.15, 0.2) is 0 Å². The molecule has 0 rings (SSSR count). The summed E-state index contributed by atoms with van der Waals surface area (Å²) >= 11 is 0. The molecule has 0 bridgehead atoms. The first-order chi connectivity index (χ1) is 4.76. The summed E-state index contributed by atoms with van der Waals surface area (Å²) < 4.78 is 5.05. The van der Waals surface area contributed by atoms with Gasteiger partial charge in [-0.2, -0.15) is 0 Å². The van der Waals surface area contributed by atoms with Crippen LogP contribution in [0.1, 0.15) is 47.0 Å². The van der Waals surface area contributed by atoms with Crippen molar-refractivity contribution in [3.8, 4) is 0 Å². The van der Waals surface area contributed by atoms with Crippen molar-refractivity contribution in [2.75, 3.05) is 7.11 Å². The zero-order valence-electron chi connectivity index (χ0n) is 8.11. The SMILES string of the molecule is CCC.CCC(CC)OC. The zero-order chi connectivity index (χ0) is 8.41. The van der Waals surface area contributed by atoms with Gasteiger partial charge in [-0.1, -0.05) is 34.1 Å². The van der Waals surface area contributed by atoms with Gasteiger partial charge < -0.3 is 4.74 Å². The highest BCUT2D eigenvalue weighted by atomic mass is 16.5. The van der Waals surface area contributed by atoms with Gasteiger partial charge in [0.2, 0.25) is 0 Å². The van der Waals surface area contributed by atoms with Crippen molar-refractivity contribution in [2.24, 2.45) is 0 Å². The first kappa shape index (κ1) is 12.6. The third kappa shape index (κ3) is 10.9. The zero-order valence-corrected chi connectivity index (χ0v) is 8.11. The van der Waals surface area contributed by atoms with Crippen LogP contribution in [0.4, 0.5) is 0 Å².